The van der Waals surface area contributed by atoms with Crippen molar-refractivity contribution in [1.29, 1.82) is 0 Å². The summed E-state index contributed by atoms with van der Waals surface area (Å²) in [5.74, 6) is -0.113. The van der Waals surface area contributed by atoms with Gasteiger partial charge >= 0.3 is 5.97 Å². The highest BCUT2D eigenvalue weighted by atomic mass is 32.1. The predicted octanol–water partition coefficient (Wildman–Crippen LogP) is 1.90. The fourth-order valence-corrected chi connectivity index (χ4v) is 2.05. The van der Waals surface area contributed by atoms with Gasteiger partial charge in [-0.1, -0.05) is 19.1 Å². The van der Waals surface area contributed by atoms with Crippen LogP contribution >= 0.6 is 11.3 Å². The van der Waals surface area contributed by atoms with Gasteiger partial charge in [-0.05, 0) is 12.8 Å². The van der Waals surface area contributed by atoms with E-state index in [1.54, 1.807) is 27.7 Å². The van der Waals surface area contributed by atoms with E-state index in [1.165, 1.54) is 0 Å². The van der Waals surface area contributed by atoms with E-state index in [9.17, 15) is 4.79 Å². The van der Waals surface area contributed by atoms with E-state index in [0.717, 1.165) is 4.88 Å². The summed E-state index contributed by atoms with van der Waals surface area (Å²) in [4.78, 5) is 16.9. The average molecular weight is 280 g/mol. The van der Waals surface area contributed by atoms with E-state index < -0.39 is 5.97 Å². The molecule has 0 fully saturated rings. The first-order valence-electron chi connectivity index (χ1n) is 6.02. The van der Waals surface area contributed by atoms with Crippen molar-refractivity contribution in [3.63, 3.8) is 0 Å². The molecule has 0 amide bonds. The number of thiazole rings is 1. The zero-order valence-corrected chi connectivity index (χ0v) is 12.0. The Balaban J connectivity index is 2.07. The number of carbonyl (C=O) groups is 1. The highest BCUT2D eigenvalue weighted by Crippen LogP contribution is 2.12. The lowest BCUT2D eigenvalue weighted by Gasteiger charge is -2.05. The molecule has 2 heterocycles. The van der Waals surface area contributed by atoms with Crippen molar-refractivity contribution >= 4 is 17.3 Å². The second-order valence-corrected chi connectivity index (χ2v) is 5.61. The summed E-state index contributed by atoms with van der Waals surface area (Å²) in [6, 6.07) is 0. The van der Waals surface area contributed by atoms with E-state index in [0.29, 0.717) is 24.8 Å². The molecular formula is C12H16N4O2S. The summed E-state index contributed by atoms with van der Waals surface area (Å²) < 4.78 is 6.83. The van der Waals surface area contributed by atoms with Crippen LogP contribution in [0.1, 0.15) is 34.9 Å². The molecule has 0 aliphatic carbocycles. The van der Waals surface area contributed by atoms with Gasteiger partial charge in [0.05, 0.1) is 24.4 Å². The van der Waals surface area contributed by atoms with Crippen LogP contribution in [0.15, 0.2) is 11.7 Å². The largest absolute Gasteiger partial charge is 0.461 e. The molecular weight excluding hydrogens is 264 g/mol. The molecule has 2 aromatic rings. The third-order valence-electron chi connectivity index (χ3n) is 2.51. The molecule has 0 atom stereocenters. The molecule has 2 aromatic heterocycles. The molecule has 0 spiro atoms. The molecule has 0 radical (unpaired) electrons. The van der Waals surface area contributed by atoms with Crippen LogP contribution < -0.4 is 0 Å². The van der Waals surface area contributed by atoms with Gasteiger partial charge in [0.25, 0.3) is 0 Å². The Morgan fingerprint density at radius 3 is 2.95 bits per heavy atom. The minimum absolute atomic E-state index is 0.283. The number of aromatic nitrogens is 4. The van der Waals surface area contributed by atoms with E-state index in [1.807, 2.05) is 20.8 Å². The first-order valence-corrected chi connectivity index (χ1v) is 6.90. The fraction of sp³-hybridized carbons (Fsp3) is 0.500. The normalized spacial score (nSPS) is 10.9. The maximum atomic E-state index is 11.8. The summed E-state index contributed by atoms with van der Waals surface area (Å²) in [6.07, 6.45) is 1.78. The van der Waals surface area contributed by atoms with Gasteiger partial charge in [-0.15, -0.1) is 16.4 Å². The minimum Gasteiger partial charge on any atom is -0.461 e. The number of hydrogen-bond donors (Lipinski definition) is 0. The Kier molecular flexibility index (Phi) is 4.26. The van der Waals surface area contributed by atoms with E-state index in [4.69, 9.17) is 4.74 Å². The first-order chi connectivity index (χ1) is 9.08. The van der Waals surface area contributed by atoms with Crippen molar-refractivity contribution in [2.75, 3.05) is 6.61 Å². The van der Waals surface area contributed by atoms with Crippen LogP contribution in [-0.4, -0.2) is 32.6 Å². The lowest BCUT2D eigenvalue weighted by atomic mass is 10.2. The van der Waals surface area contributed by atoms with E-state index >= 15 is 0 Å². The number of rotatable bonds is 5. The zero-order chi connectivity index (χ0) is 13.8. The topological polar surface area (TPSA) is 69.9 Å². The summed E-state index contributed by atoms with van der Waals surface area (Å²) >= 11 is 1.54. The molecule has 7 heteroatoms. The van der Waals surface area contributed by atoms with Crippen molar-refractivity contribution in [3.8, 4) is 0 Å². The molecule has 6 nitrogen and oxygen atoms in total. The van der Waals surface area contributed by atoms with Crippen molar-refractivity contribution in [3.05, 3.63) is 28.0 Å². The Hall–Kier alpha value is -1.76. The molecule has 0 saturated carbocycles. The second-order valence-electron chi connectivity index (χ2n) is 4.64. The van der Waals surface area contributed by atoms with E-state index in [-0.39, 0.29) is 5.69 Å². The third kappa shape index (κ3) is 3.37. The minimum atomic E-state index is -0.415. The van der Waals surface area contributed by atoms with Gasteiger partial charge in [-0.3, -0.25) is 4.98 Å². The Morgan fingerprint density at radius 2 is 2.32 bits per heavy atom. The monoisotopic (exact) mass is 280 g/mol. The van der Waals surface area contributed by atoms with Crippen LogP contribution in [-0.2, 0) is 11.3 Å². The molecule has 0 unspecified atom stereocenters. The predicted molar refractivity (Wildman–Crippen MR) is 71.1 cm³/mol. The van der Waals surface area contributed by atoms with Crippen LogP contribution in [0.3, 0.4) is 0 Å². The van der Waals surface area contributed by atoms with Crippen LogP contribution in [0.4, 0.5) is 0 Å². The highest BCUT2D eigenvalue weighted by molar-refractivity contribution is 7.09. The standard InChI is InChI=1S/C12H16N4O2S/c1-8(2)6-18-12(17)11-9(3)16(15-14-11)5-10-4-13-7-19-10/h4,7-8H,5-6H2,1-3H3. The molecule has 102 valence electrons. The van der Waals surface area contributed by atoms with Crippen molar-refractivity contribution in [1.82, 2.24) is 20.0 Å². The van der Waals surface area contributed by atoms with Gasteiger partial charge in [-0.2, -0.15) is 0 Å². The van der Waals surface area contributed by atoms with Crippen LogP contribution in [0.2, 0.25) is 0 Å². The second kappa shape index (κ2) is 5.92. The molecule has 0 N–H and O–H groups in total. The summed E-state index contributed by atoms with van der Waals surface area (Å²) in [5.41, 5.74) is 2.76. The SMILES string of the molecule is Cc1c(C(=O)OCC(C)C)nnn1Cc1cncs1. The first kappa shape index (κ1) is 13.7. The lowest BCUT2D eigenvalue weighted by Crippen LogP contribution is -2.12. The van der Waals surface area contributed by atoms with Crippen LogP contribution in [0, 0.1) is 12.8 Å². The number of carbonyl (C=O) groups excluding carboxylic acids is 1. The van der Waals surface area contributed by atoms with Crippen LogP contribution in [0.5, 0.6) is 0 Å². The molecule has 0 bridgehead atoms. The third-order valence-corrected chi connectivity index (χ3v) is 3.28. The van der Waals surface area contributed by atoms with Gasteiger partial charge in [0.15, 0.2) is 5.69 Å². The van der Waals surface area contributed by atoms with Gasteiger partial charge in [-0.25, -0.2) is 9.48 Å². The molecule has 0 aromatic carbocycles. The molecule has 0 aliphatic rings. The van der Waals surface area contributed by atoms with Crippen molar-refractivity contribution in [2.24, 2.45) is 5.92 Å². The fourth-order valence-electron chi connectivity index (χ4n) is 1.48. The number of hydrogen-bond acceptors (Lipinski definition) is 6. The van der Waals surface area contributed by atoms with Gasteiger partial charge in [0, 0.05) is 11.1 Å². The number of nitrogens with zero attached hydrogens (tertiary/aromatic N) is 4. The Labute approximate surface area is 115 Å². The highest BCUT2D eigenvalue weighted by Gasteiger charge is 2.18. The maximum Gasteiger partial charge on any atom is 0.360 e. The van der Waals surface area contributed by atoms with Gasteiger partial charge in [0.1, 0.15) is 0 Å². The van der Waals surface area contributed by atoms with Crippen LogP contribution in [0.25, 0.3) is 0 Å². The van der Waals surface area contributed by atoms with Gasteiger partial charge in [0.2, 0.25) is 0 Å². The van der Waals surface area contributed by atoms with Crippen molar-refractivity contribution in [2.45, 2.75) is 27.3 Å². The lowest BCUT2D eigenvalue weighted by molar-refractivity contribution is 0.0451. The Morgan fingerprint density at radius 1 is 1.53 bits per heavy atom. The molecule has 19 heavy (non-hydrogen) atoms. The number of esters is 1. The van der Waals surface area contributed by atoms with Crippen molar-refractivity contribution < 1.29 is 9.53 Å². The van der Waals surface area contributed by atoms with E-state index in [2.05, 4.69) is 15.3 Å². The number of ether oxygens (including phenoxy) is 1. The zero-order valence-electron chi connectivity index (χ0n) is 11.2. The summed E-state index contributed by atoms with van der Waals surface area (Å²) in [5, 5.41) is 7.88. The molecule has 0 saturated heterocycles. The quantitative estimate of drug-likeness (QED) is 0.782. The van der Waals surface area contributed by atoms with Gasteiger partial charge < -0.3 is 4.74 Å². The smallest absolute Gasteiger partial charge is 0.360 e. The Bertz CT molecular complexity index is 548. The average Bonchev–Trinajstić information content (AvgIpc) is 2.98. The molecule has 2 rings (SSSR count). The summed E-state index contributed by atoms with van der Waals surface area (Å²) in [6.45, 7) is 6.75. The molecule has 0 aliphatic heterocycles. The maximum absolute atomic E-state index is 11.8. The summed E-state index contributed by atoms with van der Waals surface area (Å²) in [7, 11) is 0.